The van der Waals surface area contributed by atoms with Crippen LogP contribution in [0, 0.1) is 17.8 Å². The van der Waals surface area contributed by atoms with Crippen LogP contribution < -0.4 is 10.6 Å². The van der Waals surface area contributed by atoms with Crippen molar-refractivity contribution in [2.24, 2.45) is 17.8 Å². The fourth-order valence-electron chi connectivity index (χ4n) is 2.75. The van der Waals surface area contributed by atoms with Crippen LogP contribution in [0.15, 0.2) is 0 Å². The van der Waals surface area contributed by atoms with Gasteiger partial charge in [0.05, 0.1) is 0 Å². The van der Waals surface area contributed by atoms with Crippen LogP contribution in [0.4, 0.5) is 0 Å². The molecule has 0 aromatic heterocycles. The van der Waals surface area contributed by atoms with Gasteiger partial charge in [-0.05, 0) is 25.7 Å². The average Bonchev–Trinajstić information content (AvgIpc) is 2.38. The van der Waals surface area contributed by atoms with Gasteiger partial charge in [0.25, 0.3) is 0 Å². The number of hydrogen-bond donors (Lipinski definition) is 2. The predicted molar refractivity (Wildman–Crippen MR) is 65.5 cm³/mol. The SMILES string of the molecule is CC1C(=O)NC(=O)C(C2CCCCC2)C(=O)NC1=O. The monoisotopic (exact) mass is 266 g/mol. The Kier molecular flexibility index (Phi) is 3.97. The first-order valence-corrected chi connectivity index (χ1v) is 6.70. The minimum atomic E-state index is -1.03. The lowest BCUT2D eigenvalue weighted by molar-refractivity contribution is -0.147. The molecule has 2 N–H and O–H groups in total. The van der Waals surface area contributed by atoms with Gasteiger partial charge < -0.3 is 0 Å². The highest BCUT2D eigenvalue weighted by atomic mass is 16.2. The second kappa shape index (κ2) is 5.50. The Morgan fingerprint density at radius 1 is 0.789 bits per heavy atom. The van der Waals surface area contributed by atoms with Gasteiger partial charge in [0.1, 0.15) is 11.8 Å². The van der Waals surface area contributed by atoms with E-state index in [0.29, 0.717) is 0 Å². The number of amides is 4. The maximum absolute atomic E-state index is 12.0. The molecule has 2 aliphatic rings. The molecular weight excluding hydrogens is 248 g/mol. The minimum absolute atomic E-state index is 0.0808. The number of carbonyl (C=O) groups is 4. The second-order valence-corrected chi connectivity index (χ2v) is 5.30. The molecule has 0 aromatic carbocycles. The van der Waals surface area contributed by atoms with E-state index in [4.69, 9.17) is 0 Å². The Hall–Kier alpha value is -1.72. The summed E-state index contributed by atoms with van der Waals surface area (Å²) in [7, 11) is 0. The number of rotatable bonds is 1. The first-order valence-electron chi connectivity index (χ1n) is 6.70. The molecule has 2 rings (SSSR count). The summed E-state index contributed by atoms with van der Waals surface area (Å²) in [6.45, 7) is 1.37. The van der Waals surface area contributed by atoms with Crippen LogP contribution in [-0.2, 0) is 19.2 Å². The van der Waals surface area contributed by atoms with Crippen LogP contribution in [-0.4, -0.2) is 23.6 Å². The van der Waals surface area contributed by atoms with Crippen LogP contribution in [0.2, 0.25) is 0 Å². The molecule has 104 valence electrons. The van der Waals surface area contributed by atoms with E-state index in [2.05, 4.69) is 10.6 Å². The summed E-state index contributed by atoms with van der Waals surface area (Å²) in [6.07, 6.45) is 4.61. The molecule has 2 fully saturated rings. The topological polar surface area (TPSA) is 92.3 Å². The molecule has 1 saturated carbocycles. The van der Waals surface area contributed by atoms with E-state index in [1.54, 1.807) is 0 Å². The highest BCUT2D eigenvalue weighted by Gasteiger charge is 2.40. The molecule has 4 amide bonds. The van der Waals surface area contributed by atoms with Crippen LogP contribution in [0.5, 0.6) is 0 Å². The van der Waals surface area contributed by atoms with Crippen molar-refractivity contribution < 1.29 is 19.2 Å². The third-order valence-electron chi connectivity index (χ3n) is 3.97. The van der Waals surface area contributed by atoms with Crippen molar-refractivity contribution in [3.63, 3.8) is 0 Å². The predicted octanol–water partition coefficient (Wildman–Crippen LogP) is 0.118. The van der Waals surface area contributed by atoms with Crippen LogP contribution in [0.25, 0.3) is 0 Å². The van der Waals surface area contributed by atoms with Crippen molar-refractivity contribution in [3.8, 4) is 0 Å². The molecule has 1 heterocycles. The fourth-order valence-corrected chi connectivity index (χ4v) is 2.75. The standard InChI is InChI=1S/C13H18N2O4/c1-7-10(16)14-12(18)9(13(19)15-11(7)17)8-5-3-2-4-6-8/h7-9H,2-6H2,1H3,(H,14,16,18)(H,15,17,19). The normalized spacial score (nSPS) is 30.4. The molecular formula is C13H18N2O4. The van der Waals surface area contributed by atoms with E-state index in [9.17, 15) is 19.2 Å². The third kappa shape index (κ3) is 2.83. The maximum atomic E-state index is 12.0. The van der Waals surface area contributed by atoms with Crippen LogP contribution in [0.1, 0.15) is 39.0 Å². The molecule has 1 saturated heterocycles. The van der Waals surface area contributed by atoms with Crippen LogP contribution in [0.3, 0.4) is 0 Å². The highest BCUT2D eigenvalue weighted by molar-refractivity contribution is 6.18. The first kappa shape index (κ1) is 13.7. The zero-order valence-electron chi connectivity index (χ0n) is 10.9. The van der Waals surface area contributed by atoms with Crippen molar-refractivity contribution in [3.05, 3.63) is 0 Å². The zero-order valence-corrected chi connectivity index (χ0v) is 10.9. The summed E-state index contributed by atoms with van der Waals surface area (Å²) < 4.78 is 0. The van der Waals surface area contributed by atoms with Crippen molar-refractivity contribution in [2.75, 3.05) is 0 Å². The molecule has 1 aliphatic heterocycles. The molecule has 1 aliphatic carbocycles. The Morgan fingerprint density at radius 3 is 1.74 bits per heavy atom. The summed E-state index contributed by atoms with van der Waals surface area (Å²) in [6, 6.07) is 0. The lowest BCUT2D eigenvalue weighted by Gasteiger charge is -2.30. The van der Waals surface area contributed by atoms with Gasteiger partial charge in [-0.3, -0.25) is 29.8 Å². The highest BCUT2D eigenvalue weighted by Crippen LogP contribution is 2.30. The summed E-state index contributed by atoms with van der Waals surface area (Å²) in [5, 5.41) is 4.36. The van der Waals surface area contributed by atoms with E-state index < -0.39 is 35.5 Å². The smallest absolute Gasteiger partial charge is 0.239 e. The molecule has 0 radical (unpaired) electrons. The number of hydrogen-bond acceptors (Lipinski definition) is 4. The zero-order chi connectivity index (χ0) is 14.0. The Bertz CT molecular complexity index is 396. The quantitative estimate of drug-likeness (QED) is 0.521. The summed E-state index contributed by atoms with van der Waals surface area (Å²) in [5.41, 5.74) is 0. The molecule has 0 aromatic rings. The van der Waals surface area contributed by atoms with Gasteiger partial charge in [-0.1, -0.05) is 19.3 Å². The van der Waals surface area contributed by atoms with Gasteiger partial charge in [-0.25, -0.2) is 0 Å². The van der Waals surface area contributed by atoms with Gasteiger partial charge in [0, 0.05) is 0 Å². The molecule has 0 bridgehead atoms. The first-order chi connectivity index (χ1) is 9.00. The molecule has 19 heavy (non-hydrogen) atoms. The largest absolute Gasteiger partial charge is 0.295 e. The average molecular weight is 266 g/mol. The van der Waals surface area contributed by atoms with E-state index in [0.717, 1.165) is 32.1 Å². The van der Waals surface area contributed by atoms with E-state index >= 15 is 0 Å². The molecule has 0 atom stereocenters. The molecule has 0 unspecified atom stereocenters. The Morgan fingerprint density at radius 2 is 1.26 bits per heavy atom. The summed E-state index contributed by atoms with van der Waals surface area (Å²) in [4.78, 5) is 47.3. The Labute approximate surface area is 111 Å². The second-order valence-electron chi connectivity index (χ2n) is 5.30. The van der Waals surface area contributed by atoms with Gasteiger partial charge in [0.2, 0.25) is 23.6 Å². The molecule has 6 heteroatoms. The fraction of sp³-hybridized carbons (Fsp3) is 0.692. The van der Waals surface area contributed by atoms with Crippen molar-refractivity contribution >= 4 is 23.6 Å². The number of carbonyl (C=O) groups excluding carboxylic acids is 4. The summed E-state index contributed by atoms with van der Waals surface area (Å²) >= 11 is 0. The molecule has 6 nitrogen and oxygen atoms in total. The minimum Gasteiger partial charge on any atom is -0.295 e. The van der Waals surface area contributed by atoms with E-state index in [-0.39, 0.29) is 5.92 Å². The van der Waals surface area contributed by atoms with Crippen molar-refractivity contribution in [1.29, 1.82) is 0 Å². The lowest BCUT2D eigenvalue weighted by Crippen LogP contribution is -2.55. The van der Waals surface area contributed by atoms with Gasteiger partial charge in [-0.15, -0.1) is 0 Å². The number of imide groups is 2. The van der Waals surface area contributed by atoms with E-state index in [1.165, 1.54) is 6.92 Å². The molecule has 0 spiro atoms. The van der Waals surface area contributed by atoms with Crippen LogP contribution >= 0.6 is 0 Å². The van der Waals surface area contributed by atoms with Gasteiger partial charge in [-0.2, -0.15) is 0 Å². The van der Waals surface area contributed by atoms with E-state index in [1.807, 2.05) is 0 Å². The Balaban J connectivity index is 2.20. The van der Waals surface area contributed by atoms with Gasteiger partial charge >= 0.3 is 0 Å². The number of nitrogens with one attached hydrogen (secondary N) is 2. The van der Waals surface area contributed by atoms with Crippen molar-refractivity contribution in [2.45, 2.75) is 39.0 Å². The van der Waals surface area contributed by atoms with Crippen molar-refractivity contribution in [1.82, 2.24) is 10.6 Å². The third-order valence-corrected chi connectivity index (χ3v) is 3.97. The summed E-state index contributed by atoms with van der Waals surface area (Å²) in [5.74, 6) is -4.47. The lowest BCUT2D eigenvalue weighted by atomic mass is 9.78. The maximum Gasteiger partial charge on any atom is 0.239 e. The van der Waals surface area contributed by atoms with Gasteiger partial charge in [0.15, 0.2) is 0 Å².